The van der Waals surface area contributed by atoms with Gasteiger partial charge in [0.2, 0.25) is 0 Å². The molecule has 2 N–H and O–H groups in total. The molecule has 0 fully saturated rings. The highest BCUT2D eigenvalue weighted by Crippen LogP contribution is 2.15. The largest absolute Gasteiger partial charge is 0.477 e. The minimum atomic E-state index is -1.42. The third-order valence-corrected chi connectivity index (χ3v) is 2.44. The summed E-state index contributed by atoms with van der Waals surface area (Å²) in [5.41, 5.74) is 2.13. The fourth-order valence-electron chi connectivity index (χ4n) is 0.897. The average Bonchev–Trinajstić information content (AvgIpc) is 2.30. The van der Waals surface area contributed by atoms with Crippen molar-refractivity contribution in [1.82, 2.24) is 0 Å². The van der Waals surface area contributed by atoms with Gasteiger partial charge in [0.05, 0.1) is 16.9 Å². The monoisotopic (exact) mass is 294 g/mol. The molecule has 0 saturated heterocycles. The van der Waals surface area contributed by atoms with E-state index in [2.05, 4.69) is 10.5 Å². The molecular formula is C10H6Cl2F2N2O2. The Morgan fingerprint density at radius 1 is 1.39 bits per heavy atom. The third kappa shape index (κ3) is 3.97. The van der Waals surface area contributed by atoms with Crippen molar-refractivity contribution in [2.24, 2.45) is 5.10 Å². The summed E-state index contributed by atoms with van der Waals surface area (Å²) >= 11 is 10.8. The van der Waals surface area contributed by atoms with Crippen molar-refractivity contribution in [2.45, 2.75) is 0 Å². The van der Waals surface area contributed by atoms with Gasteiger partial charge in [-0.2, -0.15) is 5.10 Å². The molecule has 0 aliphatic heterocycles. The second-order valence-electron chi connectivity index (χ2n) is 2.96. The average molecular weight is 295 g/mol. The maximum atomic E-state index is 13.1. The number of hydrazone groups is 1. The van der Waals surface area contributed by atoms with Gasteiger partial charge >= 0.3 is 5.97 Å². The molecule has 0 atom stereocenters. The van der Waals surface area contributed by atoms with E-state index < -0.39 is 22.6 Å². The molecule has 0 aliphatic rings. The molecule has 1 aromatic carbocycles. The molecule has 0 aliphatic carbocycles. The van der Waals surface area contributed by atoms with Gasteiger partial charge in [-0.25, -0.2) is 13.6 Å². The van der Waals surface area contributed by atoms with Crippen LogP contribution in [0.15, 0.2) is 33.4 Å². The molecule has 1 rings (SSSR count). The lowest BCUT2D eigenvalue weighted by Gasteiger charge is -2.01. The summed E-state index contributed by atoms with van der Waals surface area (Å²) in [6, 6.07) is 2.82. The number of hydrogen-bond acceptors (Lipinski definition) is 3. The first kappa shape index (κ1) is 14.4. The van der Waals surface area contributed by atoms with Gasteiger partial charge in [0, 0.05) is 6.07 Å². The maximum absolute atomic E-state index is 13.1. The van der Waals surface area contributed by atoms with Crippen molar-refractivity contribution < 1.29 is 18.7 Å². The fraction of sp³-hybridized carbons (Fsp3) is 0. The summed E-state index contributed by atoms with van der Waals surface area (Å²) in [7, 11) is 0. The van der Waals surface area contributed by atoms with Crippen LogP contribution in [-0.4, -0.2) is 17.3 Å². The summed E-state index contributed by atoms with van der Waals surface area (Å²) in [5.74, 6) is -2.99. The predicted octanol–water partition coefficient (Wildman–Crippen LogP) is 3.14. The van der Waals surface area contributed by atoms with Gasteiger partial charge in [-0.1, -0.05) is 23.2 Å². The van der Waals surface area contributed by atoms with Crippen LogP contribution in [0.25, 0.3) is 0 Å². The highest BCUT2D eigenvalue weighted by Gasteiger charge is 2.08. The Morgan fingerprint density at radius 2 is 2.06 bits per heavy atom. The first-order chi connectivity index (χ1) is 8.41. The number of aliphatic carboxylic acids is 1. The number of carboxylic acid groups (broad SMARTS) is 1. The smallest absolute Gasteiger partial charge is 0.348 e. The van der Waals surface area contributed by atoms with E-state index in [0.29, 0.717) is 6.07 Å². The third-order valence-electron chi connectivity index (χ3n) is 1.69. The van der Waals surface area contributed by atoms with Crippen LogP contribution < -0.4 is 5.43 Å². The minimum Gasteiger partial charge on any atom is -0.477 e. The molecule has 96 valence electrons. The second-order valence-corrected chi connectivity index (χ2v) is 3.75. The van der Waals surface area contributed by atoms with Crippen LogP contribution in [0.3, 0.4) is 0 Å². The van der Waals surface area contributed by atoms with Gasteiger partial charge in [-0.05, 0) is 12.1 Å². The molecule has 4 nitrogen and oxygen atoms in total. The van der Waals surface area contributed by atoms with Gasteiger partial charge in [0.15, 0.2) is 5.82 Å². The summed E-state index contributed by atoms with van der Waals surface area (Å²) in [4.78, 5) is 10.4. The lowest BCUT2D eigenvalue weighted by molar-refractivity contribution is -0.131. The Kier molecular flexibility index (Phi) is 5.06. The number of nitrogens with one attached hydrogen (secondary N) is 1. The Labute approximate surface area is 111 Å². The van der Waals surface area contributed by atoms with Crippen molar-refractivity contribution in [3.8, 4) is 0 Å². The van der Waals surface area contributed by atoms with Crippen molar-refractivity contribution in [1.29, 1.82) is 0 Å². The van der Waals surface area contributed by atoms with Crippen molar-refractivity contribution in [2.75, 3.05) is 5.43 Å². The van der Waals surface area contributed by atoms with Crippen molar-refractivity contribution in [3.63, 3.8) is 0 Å². The number of carbonyl (C=O) groups is 1. The normalized spacial score (nSPS) is 12.4. The van der Waals surface area contributed by atoms with E-state index in [4.69, 9.17) is 28.3 Å². The number of benzene rings is 1. The van der Waals surface area contributed by atoms with E-state index in [9.17, 15) is 13.6 Å². The number of carboxylic acids is 1. The number of rotatable bonds is 4. The number of halogens is 4. The van der Waals surface area contributed by atoms with Crippen LogP contribution in [0.2, 0.25) is 0 Å². The van der Waals surface area contributed by atoms with Crippen LogP contribution in [0, 0.1) is 11.6 Å². The molecule has 0 aromatic heterocycles. The van der Waals surface area contributed by atoms with Crippen LogP contribution in [-0.2, 0) is 4.79 Å². The molecule has 18 heavy (non-hydrogen) atoms. The van der Waals surface area contributed by atoms with E-state index in [1.54, 1.807) is 0 Å². The molecule has 0 radical (unpaired) electrons. The molecular weight excluding hydrogens is 289 g/mol. The number of anilines is 1. The SMILES string of the molecule is O=C(O)/C(Cl)=C(/Cl)C=NNc1ccc(F)cc1F. The van der Waals surface area contributed by atoms with E-state index in [1.807, 2.05) is 0 Å². The van der Waals surface area contributed by atoms with Crippen LogP contribution in [0.5, 0.6) is 0 Å². The lowest BCUT2D eigenvalue weighted by Crippen LogP contribution is -1.98. The van der Waals surface area contributed by atoms with Crippen molar-refractivity contribution in [3.05, 3.63) is 39.9 Å². The van der Waals surface area contributed by atoms with Gasteiger partial charge in [0.25, 0.3) is 0 Å². The Balaban J connectivity index is 2.77. The zero-order valence-corrected chi connectivity index (χ0v) is 10.1. The Bertz CT molecular complexity index is 533. The van der Waals surface area contributed by atoms with Gasteiger partial charge in [0.1, 0.15) is 10.8 Å². The summed E-state index contributed by atoms with van der Waals surface area (Å²) < 4.78 is 25.7. The molecule has 0 spiro atoms. The van der Waals surface area contributed by atoms with E-state index in [-0.39, 0.29) is 10.7 Å². The summed E-state index contributed by atoms with van der Waals surface area (Å²) in [5, 5.41) is 11.0. The summed E-state index contributed by atoms with van der Waals surface area (Å²) in [6.45, 7) is 0. The van der Waals surface area contributed by atoms with Crippen molar-refractivity contribution >= 4 is 41.1 Å². The number of hydrogen-bond donors (Lipinski definition) is 2. The van der Waals surface area contributed by atoms with Gasteiger partial charge < -0.3 is 5.11 Å². The van der Waals surface area contributed by atoms with Crippen LogP contribution in [0.4, 0.5) is 14.5 Å². The molecule has 0 bridgehead atoms. The molecule has 8 heteroatoms. The molecule has 0 unspecified atom stereocenters. The predicted molar refractivity (Wildman–Crippen MR) is 64.8 cm³/mol. The highest BCUT2D eigenvalue weighted by molar-refractivity contribution is 6.51. The summed E-state index contributed by atoms with van der Waals surface area (Å²) in [6.07, 6.45) is 0.890. The fourth-order valence-corrected chi connectivity index (χ4v) is 1.08. The molecule has 0 heterocycles. The maximum Gasteiger partial charge on any atom is 0.348 e. The van der Waals surface area contributed by atoms with Crippen LogP contribution in [0.1, 0.15) is 0 Å². The van der Waals surface area contributed by atoms with E-state index >= 15 is 0 Å². The number of nitrogens with zero attached hydrogens (tertiary/aromatic N) is 1. The van der Waals surface area contributed by atoms with Gasteiger partial charge in [-0.3, -0.25) is 5.43 Å². The first-order valence-electron chi connectivity index (χ1n) is 4.44. The minimum absolute atomic E-state index is 0.0939. The number of allylic oxidation sites excluding steroid dienone is 1. The first-order valence-corrected chi connectivity index (χ1v) is 5.20. The topological polar surface area (TPSA) is 61.7 Å². The lowest BCUT2D eigenvalue weighted by atomic mass is 10.3. The zero-order chi connectivity index (χ0) is 13.7. The molecule has 0 amide bonds. The Morgan fingerprint density at radius 3 is 2.61 bits per heavy atom. The molecule has 0 saturated carbocycles. The van der Waals surface area contributed by atoms with E-state index in [1.165, 1.54) is 0 Å². The van der Waals surface area contributed by atoms with Crippen LogP contribution >= 0.6 is 23.2 Å². The van der Waals surface area contributed by atoms with E-state index in [0.717, 1.165) is 18.3 Å². The highest BCUT2D eigenvalue weighted by atomic mass is 35.5. The quantitative estimate of drug-likeness (QED) is 0.509. The second kappa shape index (κ2) is 6.32. The zero-order valence-electron chi connectivity index (χ0n) is 8.62. The standard InChI is InChI=1S/C10H6Cl2F2N2O2/c11-6(9(12)10(17)18)4-15-16-8-2-1-5(13)3-7(8)14/h1-4,16H,(H,17,18)/b9-6-,15-4?. The molecule has 1 aromatic rings. The Hall–Kier alpha value is -1.66. The van der Waals surface area contributed by atoms with Gasteiger partial charge in [-0.15, -0.1) is 0 Å².